The van der Waals surface area contributed by atoms with Gasteiger partial charge in [0.1, 0.15) is 18.3 Å². The number of carbonyl (C=O) groups excluding carboxylic acids is 2. The van der Waals surface area contributed by atoms with Crippen LogP contribution in [0.2, 0.25) is 10.0 Å². The Morgan fingerprint density at radius 3 is 2.33 bits per heavy atom. The number of aryl methyl sites for hydroxylation is 1. The Bertz CT molecular complexity index is 1430. The van der Waals surface area contributed by atoms with Crippen molar-refractivity contribution in [2.45, 2.75) is 38.3 Å². The molecule has 0 aliphatic rings. The van der Waals surface area contributed by atoms with E-state index in [1.807, 2.05) is 6.92 Å². The first-order chi connectivity index (χ1) is 18.5. The van der Waals surface area contributed by atoms with E-state index in [4.69, 9.17) is 27.9 Å². The van der Waals surface area contributed by atoms with E-state index in [1.165, 1.54) is 30.2 Å². The number of halogens is 2. The molecule has 0 radical (unpaired) electrons. The number of benzene rings is 3. The molecule has 0 heterocycles. The number of hydrogen-bond donors (Lipinski definition) is 1. The Balaban J connectivity index is 2.07. The van der Waals surface area contributed by atoms with Gasteiger partial charge in [0.05, 0.1) is 17.7 Å². The van der Waals surface area contributed by atoms with Gasteiger partial charge in [-0.25, -0.2) is 8.42 Å². The van der Waals surface area contributed by atoms with Crippen molar-refractivity contribution in [2.24, 2.45) is 0 Å². The molecule has 0 saturated heterocycles. The number of nitrogens with zero attached hydrogens (tertiary/aromatic N) is 2. The summed E-state index contributed by atoms with van der Waals surface area (Å²) in [6, 6.07) is 16.7. The maximum atomic E-state index is 13.9. The fourth-order valence-corrected chi connectivity index (χ4v) is 5.74. The van der Waals surface area contributed by atoms with Gasteiger partial charge in [0.15, 0.2) is 0 Å². The summed E-state index contributed by atoms with van der Waals surface area (Å²) in [6.45, 7) is 4.96. The first-order valence-corrected chi connectivity index (χ1v) is 14.4. The van der Waals surface area contributed by atoms with Gasteiger partial charge in [0.2, 0.25) is 11.8 Å². The lowest BCUT2D eigenvalue weighted by molar-refractivity contribution is -0.139. The highest BCUT2D eigenvalue weighted by atomic mass is 35.5. The van der Waals surface area contributed by atoms with Crippen molar-refractivity contribution in [1.82, 2.24) is 10.2 Å². The van der Waals surface area contributed by atoms with Gasteiger partial charge in [-0.05, 0) is 62.7 Å². The zero-order valence-electron chi connectivity index (χ0n) is 22.1. The second-order valence-electron chi connectivity index (χ2n) is 8.85. The molecule has 8 nitrogen and oxygen atoms in total. The quantitative estimate of drug-likeness (QED) is 0.336. The number of amides is 2. The molecule has 0 saturated carbocycles. The molecule has 0 aliphatic carbocycles. The lowest BCUT2D eigenvalue weighted by Crippen LogP contribution is -2.51. The highest BCUT2D eigenvalue weighted by Crippen LogP contribution is 2.28. The van der Waals surface area contributed by atoms with Crippen LogP contribution in [0.5, 0.6) is 5.75 Å². The minimum Gasteiger partial charge on any atom is -0.497 e. The number of rotatable bonds is 11. The minimum absolute atomic E-state index is 0.0211. The zero-order valence-corrected chi connectivity index (χ0v) is 24.5. The van der Waals surface area contributed by atoms with Gasteiger partial charge in [-0.3, -0.25) is 13.9 Å². The maximum Gasteiger partial charge on any atom is 0.264 e. The second kappa shape index (κ2) is 13.2. The lowest BCUT2D eigenvalue weighted by atomic mass is 10.1. The summed E-state index contributed by atoms with van der Waals surface area (Å²) >= 11 is 12.4. The Kier molecular flexibility index (Phi) is 10.2. The molecule has 1 atom stereocenters. The van der Waals surface area contributed by atoms with E-state index in [9.17, 15) is 18.0 Å². The summed E-state index contributed by atoms with van der Waals surface area (Å²) in [5.74, 6) is -0.562. The van der Waals surface area contributed by atoms with Gasteiger partial charge in [-0.2, -0.15) is 0 Å². The summed E-state index contributed by atoms with van der Waals surface area (Å²) in [5.41, 5.74) is 1.68. The summed E-state index contributed by atoms with van der Waals surface area (Å²) in [6.07, 6.45) is 0. The number of methoxy groups -OCH3 is 1. The third-order valence-corrected chi connectivity index (χ3v) is 8.48. The largest absolute Gasteiger partial charge is 0.497 e. The van der Waals surface area contributed by atoms with Crippen molar-refractivity contribution in [3.8, 4) is 5.75 Å². The highest BCUT2D eigenvalue weighted by Gasteiger charge is 2.33. The molecule has 11 heteroatoms. The van der Waals surface area contributed by atoms with Crippen molar-refractivity contribution in [3.05, 3.63) is 87.9 Å². The molecule has 3 aromatic carbocycles. The van der Waals surface area contributed by atoms with Gasteiger partial charge >= 0.3 is 0 Å². The maximum absolute atomic E-state index is 13.9. The van der Waals surface area contributed by atoms with E-state index < -0.39 is 28.5 Å². The van der Waals surface area contributed by atoms with Crippen molar-refractivity contribution in [1.29, 1.82) is 0 Å². The molecule has 0 spiro atoms. The number of ether oxygens (including phenoxy) is 1. The SMILES string of the molecule is CCNC(=O)[C@@H](C)N(Cc1ccc(Cl)cc1Cl)C(=O)CN(c1cccc(OC)c1)S(=O)(=O)c1ccc(C)cc1. The molecular formula is C28H31Cl2N3O5S. The number of anilines is 1. The van der Waals surface area contributed by atoms with Gasteiger partial charge < -0.3 is 15.0 Å². The first-order valence-electron chi connectivity index (χ1n) is 12.2. The number of carbonyl (C=O) groups is 2. The van der Waals surface area contributed by atoms with Gasteiger partial charge in [0, 0.05) is 29.2 Å². The molecular weight excluding hydrogens is 561 g/mol. The van der Waals surface area contributed by atoms with E-state index >= 15 is 0 Å². The summed E-state index contributed by atoms with van der Waals surface area (Å²) in [4.78, 5) is 28.0. The average Bonchev–Trinajstić information content (AvgIpc) is 2.91. The Hall–Kier alpha value is -3.27. The molecule has 1 N–H and O–H groups in total. The van der Waals surface area contributed by atoms with Crippen molar-refractivity contribution >= 4 is 50.7 Å². The Labute approximate surface area is 239 Å². The van der Waals surface area contributed by atoms with E-state index in [0.717, 1.165) is 9.87 Å². The van der Waals surface area contributed by atoms with Crippen molar-refractivity contribution in [2.75, 3.05) is 24.5 Å². The van der Waals surface area contributed by atoms with Crippen LogP contribution < -0.4 is 14.4 Å². The van der Waals surface area contributed by atoms with Gasteiger partial charge in [-0.15, -0.1) is 0 Å². The molecule has 0 aliphatic heterocycles. The van der Waals surface area contributed by atoms with Gasteiger partial charge in [0.25, 0.3) is 10.0 Å². The first kappa shape index (κ1) is 30.3. The van der Waals surface area contributed by atoms with E-state index in [1.54, 1.807) is 62.4 Å². The van der Waals surface area contributed by atoms with E-state index in [-0.39, 0.29) is 23.0 Å². The number of sulfonamides is 1. The van der Waals surface area contributed by atoms with Gasteiger partial charge in [-0.1, -0.05) is 53.0 Å². The lowest BCUT2D eigenvalue weighted by Gasteiger charge is -2.32. The average molecular weight is 593 g/mol. The molecule has 208 valence electrons. The molecule has 2 amide bonds. The third kappa shape index (κ3) is 7.44. The Morgan fingerprint density at radius 2 is 1.72 bits per heavy atom. The summed E-state index contributed by atoms with van der Waals surface area (Å²) < 4.78 is 34.0. The monoisotopic (exact) mass is 591 g/mol. The predicted octanol–water partition coefficient (Wildman–Crippen LogP) is 5.06. The summed E-state index contributed by atoms with van der Waals surface area (Å²) in [5, 5.41) is 3.46. The van der Waals surface area contributed by atoms with Crippen LogP contribution in [0.25, 0.3) is 0 Å². The molecule has 3 aromatic rings. The predicted molar refractivity (Wildman–Crippen MR) is 154 cm³/mol. The molecule has 3 rings (SSSR count). The van der Waals surface area contributed by atoms with Crippen LogP contribution in [0.1, 0.15) is 25.0 Å². The second-order valence-corrected chi connectivity index (χ2v) is 11.6. The van der Waals surface area contributed by atoms with E-state index in [0.29, 0.717) is 27.9 Å². The van der Waals surface area contributed by atoms with Crippen LogP contribution in [0.15, 0.2) is 71.6 Å². The molecule has 0 aromatic heterocycles. The molecule has 0 unspecified atom stereocenters. The van der Waals surface area contributed by atoms with Crippen LogP contribution in [-0.2, 0) is 26.2 Å². The Morgan fingerprint density at radius 1 is 1.03 bits per heavy atom. The van der Waals surface area contributed by atoms with Crippen molar-refractivity contribution < 1.29 is 22.7 Å². The van der Waals surface area contributed by atoms with E-state index in [2.05, 4.69) is 5.32 Å². The molecule has 0 fully saturated rings. The topological polar surface area (TPSA) is 96.0 Å². The number of nitrogens with one attached hydrogen (secondary N) is 1. The van der Waals surface area contributed by atoms with Crippen LogP contribution in [0, 0.1) is 6.92 Å². The molecule has 0 bridgehead atoms. The highest BCUT2D eigenvalue weighted by molar-refractivity contribution is 7.92. The minimum atomic E-state index is -4.18. The number of likely N-dealkylation sites (N-methyl/N-ethyl adjacent to an activating group) is 1. The fraction of sp³-hybridized carbons (Fsp3) is 0.286. The van der Waals surface area contributed by atoms with Crippen LogP contribution in [0.3, 0.4) is 0 Å². The fourth-order valence-electron chi connectivity index (χ4n) is 3.87. The third-order valence-electron chi connectivity index (χ3n) is 6.10. The molecule has 39 heavy (non-hydrogen) atoms. The smallest absolute Gasteiger partial charge is 0.264 e. The zero-order chi connectivity index (χ0) is 28.7. The summed E-state index contributed by atoms with van der Waals surface area (Å²) in [7, 11) is -2.71. The van der Waals surface area contributed by atoms with Crippen LogP contribution >= 0.6 is 23.2 Å². The number of hydrogen-bond acceptors (Lipinski definition) is 5. The normalized spacial score (nSPS) is 11.9. The standard InChI is InChI=1S/C28H31Cl2N3O5S/c1-5-31-28(35)20(3)32(17-21-11-12-22(29)15-26(21)30)27(34)18-33(23-7-6-8-24(16-23)38-4)39(36,37)25-13-9-19(2)10-14-25/h6-16,20H,5,17-18H2,1-4H3,(H,31,35)/t20-/m1/s1. The van der Waals surface area contributed by atoms with Crippen molar-refractivity contribution in [3.63, 3.8) is 0 Å². The van der Waals surface area contributed by atoms with Crippen LogP contribution in [0.4, 0.5) is 5.69 Å². The van der Waals surface area contributed by atoms with Crippen LogP contribution in [-0.4, -0.2) is 51.4 Å².